The molecule has 0 aliphatic rings. The van der Waals surface area contributed by atoms with Crippen LogP contribution in [0.15, 0.2) is 11.1 Å². The predicted octanol–water partition coefficient (Wildman–Crippen LogP) is 1.56. The molecule has 9 heavy (non-hydrogen) atoms. The van der Waals surface area contributed by atoms with Crippen LogP contribution >= 0.6 is 0 Å². The molecule has 0 aromatic rings. The second-order valence-corrected chi connectivity index (χ2v) is 2.11. The number of carbonyl (C=O) groups is 1. The molecule has 0 bridgehead atoms. The lowest BCUT2D eigenvalue weighted by Gasteiger charge is -1.94. The second kappa shape index (κ2) is 3.17. The molecule has 2 nitrogen and oxygen atoms in total. The van der Waals surface area contributed by atoms with Gasteiger partial charge in [0, 0.05) is 11.8 Å². The number of hydrogen-bond acceptors (Lipinski definition) is 2. The summed E-state index contributed by atoms with van der Waals surface area (Å²) in [6.45, 7) is 5.11. The molecule has 0 fully saturated rings. The van der Waals surface area contributed by atoms with Crippen LogP contribution in [-0.2, 0) is 4.79 Å². The van der Waals surface area contributed by atoms with E-state index < -0.39 is 0 Å². The van der Waals surface area contributed by atoms with E-state index in [9.17, 15) is 4.79 Å². The third-order valence-corrected chi connectivity index (χ3v) is 1.06. The van der Waals surface area contributed by atoms with Gasteiger partial charge < -0.3 is 5.41 Å². The molecule has 0 unspecified atom stereocenters. The number of carbonyl (C=O) groups excluding carboxylic acids is 1. The van der Waals surface area contributed by atoms with Crippen LogP contribution in [0.4, 0.5) is 0 Å². The van der Waals surface area contributed by atoms with Gasteiger partial charge >= 0.3 is 0 Å². The molecule has 0 saturated heterocycles. The zero-order valence-corrected chi connectivity index (χ0v) is 5.99. The summed E-state index contributed by atoms with van der Waals surface area (Å²) < 4.78 is 0. The van der Waals surface area contributed by atoms with Gasteiger partial charge in [-0.2, -0.15) is 0 Å². The quantitative estimate of drug-likeness (QED) is 0.441. The van der Waals surface area contributed by atoms with Crippen LogP contribution in [0.1, 0.15) is 20.8 Å². The Bertz CT molecular complexity index is 164. The van der Waals surface area contributed by atoms with Crippen LogP contribution in [-0.4, -0.2) is 12.0 Å². The SMILES string of the molecule is CC(=O)C(C=N)=C(C)C. The maximum absolute atomic E-state index is 10.6. The Hall–Kier alpha value is -0.920. The fourth-order valence-corrected chi connectivity index (χ4v) is 0.598. The summed E-state index contributed by atoms with van der Waals surface area (Å²) in [5.41, 5.74) is 1.41. The van der Waals surface area contributed by atoms with E-state index in [4.69, 9.17) is 5.41 Å². The molecule has 2 heteroatoms. The summed E-state index contributed by atoms with van der Waals surface area (Å²) in [5, 5.41) is 6.82. The van der Waals surface area contributed by atoms with E-state index in [2.05, 4.69) is 0 Å². The molecule has 0 atom stereocenters. The molecule has 0 saturated carbocycles. The Labute approximate surface area is 55.1 Å². The summed E-state index contributed by atoms with van der Waals surface area (Å²) in [4.78, 5) is 10.6. The van der Waals surface area contributed by atoms with E-state index in [0.29, 0.717) is 5.57 Å². The fourth-order valence-electron chi connectivity index (χ4n) is 0.598. The molecule has 0 aromatic heterocycles. The molecule has 50 valence electrons. The van der Waals surface area contributed by atoms with Crippen LogP contribution in [0.25, 0.3) is 0 Å². The number of ketones is 1. The molecule has 0 aromatic carbocycles. The topological polar surface area (TPSA) is 40.9 Å². The minimum atomic E-state index is -0.0370. The molecule has 1 N–H and O–H groups in total. The first-order valence-corrected chi connectivity index (χ1v) is 2.78. The highest BCUT2D eigenvalue weighted by molar-refractivity contribution is 6.11. The molecule has 0 heterocycles. The highest BCUT2D eigenvalue weighted by Crippen LogP contribution is 1.99. The van der Waals surface area contributed by atoms with Crippen molar-refractivity contribution in [2.24, 2.45) is 0 Å². The lowest BCUT2D eigenvalue weighted by Crippen LogP contribution is -1.98. The Balaban J connectivity index is 4.55. The predicted molar refractivity (Wildman–Crippen MR) is 37.8 cm³/mol. The Morgan fingerprint density at radius 1 is 1.33 bits per heavy atom. The van der Waals surface area contributed by atoms with Crippen molar-refractivity contribution in [1.29, 1.82) is 5.41 Å². The van der Waals surface area contributed by atoms with Crippen LogP contribution in [0.5, 0.6) is 0 Å². The largest absolute Gasteiger partial charge is 0.308 e. The van der Waals surface area contributed by atoms with Crippen LogP contribution in [0.3, 0.4) is 0 Å². The van der Waals surface area contributed by atoms with Gasteiger partial charge in [-0.05, 0) is 20.8 Å². The average molecular weight is 125 g/mol. The van der Waals surface area contributed by atoms with Crippen molar-refractivity contribution in [2.45, 2.75) is 20.8 Å². The highest BCUT2D eigenvalue weighted by atomic mass is 16.1. The Morgan fingerprint density at radius 3 is 1.78 bits per heavy atom. The van der Waals surface area contributed by atoms with Gasteiger partial charge in [-0.25, -0.2) is 0 Å². The second-order valence-electron chi connectivity index (χ2n) is 2.11. The van der Waals surface area contributed by atoms with E-state index >= 15 is 0 Å². The minimum Gasteiger partial charge on any atom is -0.308 e. The number of hydrogen-bond donors (Lipinski definition) is 1. The molecule has 0 radical (unpaired) electrons. The van der Waals surface area contributed by atoms with Crippen LogP contribution in [0.2, 0.25) is 0 Å². The number of allylic oxidation sites excluding steroid dienone is 2. The van der Waals surface area contributed by atoms with Crippen molar-refractivity contribution in [3.8, 4) is 0 Å². The van der Waals surface area contributed by atoms with Gasteiger partial charge in [0.1, 0.15) is 0 Å². The van der Waals surface area contributed by atoms with Gasteiger partial charge in [-0.15, -0.1) is 0 Å². The van der Waals surface area contributed by atoms with Gasteiger partial charge in [-0.3, -0.25) is 4.79 Å². The normalized spacial score (nSPS) is 8.33. The Kier molecular flexibility index (Phi) is 2.85. The maximum atomic E-state index is 10.6. The number of rotatable bonds is 2. The average Bonchev–Trinajstić information content (AvgIpc) is 1.64. The van der Waals surface area contributed by atoms with E-state index in [1.165, 1.54) is 6.92 Å². The zero-order chi connectivity index (χ0) is 7.44. The fraction of sp³-hybridized carbons (Fsp3) is 0.429. The summed E-state index contributed by atoms with van der Waals surface area (Å²) in [6, 6.07) is 0. The first kappa shape index (κ1) is 8.08. The summed E-state index contributed by atoms with van der Waals surface area (Å²) in [6.07, 6.45) is 1.09. The number of Topliss-reactive ketones (excluding diaryl/α,β-unsaturated/α-hetero) is 1. The van der Waals surface area contributed by atoms with Gasteiger partial charge in [0.05, 0.1) is 0 Å². The summed E-state index contributed by atoms with van der Waals surface area (Å²) in [5.74, 6) is -0.0370. The van der Waals surface area contributed by atoms with Gasteiger partial charge in [0.15, 0.2) is 5.78 Å². The maximum Gasteiger partial charge on any atom is 0.161 e. The smallest absolute Gasteiger partial charge is 0.161 e. The molecule has 0 aliphatic heterocycles. The monoisotopic (exact) mass is 125 g/mol. The lowest BCUT2D eigenvalue weighted by atomic mass is 10.1. The standard InChI is InChI=1S/C7H11NO/c1-5(2)7(4-8)6(3)9/h4,8H,1-3H3. The van der Waals surface area contributed by atoms with E-state index in [-0.39, 0.29) is 5.78 Å². The summed E-state index contributed by atoms with van der Waals surface area (Å²) in [7, 11) is 0. The van der Waals surface area contributed by atoms with Crippen molar-refractivity contribution in [3.63, 3.8) is 0 Å². The third kappa shape index (κ3) is 2.22. The van der Waals surface area contributed by atoms with Crippen LogP contribution in [0, 0.1) is 5.41 Å². The molecular weight excluding hydrogens is 114 g/mol. The molecular formula is C7H11NO. The first-order valence-electron chi connectivity index (χ1n) is 2.78. The molecule has 0 spiro atoms. The van der Waals surface area contributed by atoms with E-state index in [1.807, 2.05) is 13.8 Å². The van der Waals surface area contributed by atoms with Crippen molar-refractivity contribution >= 4 is 12.0 Å². The molecule has 0 amide bonds. The first-order chi connectivity index (χ1) is 4.09. The van der Waals surface area contributed by atoms with Gasteiger partial charge in [0.2, 0.25) is 0 Å². The van der Waals surface area contributed by atoms with E-state index in [0.717, 1.165) is 11.8 Å². The number of nitrogens with one attached hydrogen (secondary N) is 1. The van der Waals surface area contributed by atoms with Crippen LogP contribution < -0.4 is 0 Å². The third-order valence-electron chi connectivity index (χ3n) is 1.06. The lowest BCUT2D eigenvalue weighted by molar-refractivity contribution is -0.113. The van der Waals surface area contributed by atoms with E-state index in [1.54, 1.807) is 0 Å². The highest BCUT2D eigenvalue weighted by Gasteiger charge is 1.99. The molecule has 0 rings (SSSR count). The molecule has 0 aliphatic carbocycles. The van der Waals surface area contributed by atoms with Crippen molar-refractivity contribution in [3.05, 3.63) is 11.1 Å². The van der Waals surface area contributed by atoms with Crippen molar-refractivity contribution in [2.75, 3.05) is 0 Å². The van der Waals surface area contributed by atoms with Crippen molar-refractivity contribution in [1.82, 2.24) is 0 Å². The summed E-state index contributed by atoms with van der Waals surface area (Å²) >= 11 is 0. The Morgan fingerprint density at radius 2 is 1.78 bits per heavy atom. The van der Waals surface area contributed by atoms with Crippen molar-refractivity contribution < 1.29 is 4.79 Å². The zero-order valence-electron chi connectivity index (χ0n) is 5.99. The minimum absolute atomic E-state index is 0.0370. The van der Waals surface area contributed by atoms with Gasteiger partial charge in [0.25, 0.3) is 0 Å². The van der Waals surface area contributed by atoms with Gasteiger partial charge in [-0.1, -0.05) is 5.57 Å².